The third-order valence-corrected chi connectivity index (χ3v) is 8.33. The fourth-order valence-electron chi connectivity index (χ4n) is 6.58. The first-order valence-corrected chi connectivity index (χ1v) is 13.6. The summed E-state index contributed by atoms with van der Waals surface area (Å²) in [5.41, 5.74) is 9.28. The first-order valence-electron chi connectivity index (χ1n) is 13.6. The highest BCUT2D eigenvalue weighted by Crippen LogP contribution is 2.37. The van der Waals surface area contributed by atoms with Crippen LogP contribution in [-0.2, 0) is 0 Å². The van der Waals surface area contributed by atoms with E-state index >= 15 is 0 Å². The van der Waals surface area contributed by atoms with Crippen molar-refractivity contribution in [1.29, 1.82) is 0 Å². The average molecular weight is 511 g/mol. The van der Waals surface area contributed by atoms with Crippen molar-refractivity contribution < 1.29 is 9.47 Å². The van der Waals surface area contributed by atoms with Gasteiger partial charge in [-0.25, -0.2) is 0 Å². The van der Waals surface area contributed by atoms with Crippen LogP contribution < -0.4 is 25.9 Å². The van der Waals surface area contributed by atoms with E-state index in [9.17, 15) is 0 Å². The molecular weight excluding hydrogens is 489 g/mol. The Labute approximate surface area is 231 Å². The predicted molar refractivity (Wildman–Crippen MR) is 164 cm³/mol. The van der Waals surface area contributed by atoms with Gasteiger partial charge in [0.15, 0.2) is 0 Å². The molecule has 0 saturated carbocycles. The molecule has 2 aliphatic heterocycles. The number of hydrogen-bond donors (Lipinski definition) is 0. The number of ether oxygens (including phenoxy) is 2. The normalized spacial score (nSPS) is 12.8. The number of rotatable bonds is 2. The maximum absolute atomic E-state index is 6.53. The molecule has 0 radical (unpaired) electrons. The van der Waals surface area contributed by atoms with Crippen molar-refractivity contribution in [2.24, 2.45) is 0 Å². The molecule has 40 heavy (non-hydrogen) atoms. The molecule has 9 rings (SSSR count). The summed E-state index contributed by atoms with van der Waals surface area (Å²) in [7, 11) is 0. The number of aromatic nitrogens is 1. The van der Waals surface area contributed by atoms with Gasteiger partial charge in [0.05, 0.1) is 11.0 Å². The Balaban J connectivity index is 1.19. The fraction of sp³-hybridized carbons (Fsp3) is 0. The van der Waals surface area contributed by atoms with Crippen molar-refractivity contribution in [2.45, 2.75) is 0 Å². The van der Waals surface area contributed by atoms with E-state index in [2.05, 4.69) is 114 Å². The van der Waals surface area contributed by atoms with Gasteiger partial charge in [-0.3, -0.25) is 0 Å². The summed E-state index contributed by atoms with van der Waals surface area (Å²) in [6.45, 7) is 0.0814. The topological polar surface area (TPSA) is 23.4 Å². The Morgan fingerprint density at radius 1 is 0.450 bits per heavy atom. The third-order valence-electron chi connectivity index (χ3n) is 8.33. The van der Waals surface area contributed by atoms with Crippen molar-refractivity contribution in [1.82, 2.24) is 4.57 Å². The fourth-order valence-corrected chi connectivity index (χ4v) is 6.58. The van der Waals surface area contributed by atoms with Gasteiger partial charge in [0.1, 0.15) is 23.0 Å². The van der Waals surface area contributed by atoms with Gasteiger partial charge in [-0.15, -0.1) is 0 Å². The minimum Gasteiger partial charge on any atom is -0.458 e. The number of hydrogen-bond acceptors (Lipinski definition) is 2. The highest BCUT2D eigenvalue weighted by molar-refractivity contribution is 6.98. The molecule has 3 nitrogen and oxygen atoms in total. The van der Waals surface area contributed by atoms with E-state index in [-0.39, 0.29) is 6.71 Å². The van der Waals surface area contributed by atoms with Gasteiger partial charge in [-0.2, -0.15) is 0 Å². The smallest absolute Gasteiger partial charge is 0.260 e. The molecule has 0 spiro atoms. The van der Waals surface area contributed by atoms with Gasteiger partial charge < -0.3 is 14.0 Å². The molecule has 0 amide bonds. The Bertz CT molecular complexity index is 2090. The largest absolute Gasteiger partial charge is 0.458 e. The lowest BCUT2D eigenvalue weighted by Gasteiger charge is -2.32. The maximum Gasteiger partial charge on any atom is 0.260 e. The molecule has 0 fully saturated rings. The standard InChI is InChI=1S/C36H22BNO2/c1-4-14-30-26(11-1)27-12-2-5-15-31(27)38(30)25-10-7-9-23(21-25)24-19-20-29-35(22-24)40-34-18-8-17-33-36(34)37(29)28-13-3-6-16-32(28)39-33/h1-22H. The molecule has 0 bridgehead atoms. The van der Waals surface area contributed by atoms with E-state index in [0.717, 1.165) is 50.7 Å². The van der Waals surface area contributed by atoms with Crippen LogP contribution in [0.15, 0.2) is 133 Å². The molecule has 2 aliphatic rings. The number of fused-ring (bicyclic) bond motifs is 7. The minimum atomic E-state index is 0.0814. The Kier molecular flexibility index (Phi) is 4.41. The summed E-state index contributed by atoms with van der Waals surface area (Å²) in [5, 5.41) is 2.53. The Morgan fingerprint density at radius 3 is 1.85 bits per heavy atom. The van der Waals surface area contributed by atoms with Gasteiger partial charge in [-0.05, 0) is 70.6 Å². The molecule has 0 aliphatic carbocycles. The summed E-state index contributed by atoms with van der Waals surface area (Å²) >= 11 is 0. The first-order chi connectivity index (χ1) is 19.8. The van der Waals surface area contributed by atoms with E-state index in [4.69, 9.17) is 9.47 Å². The highest BCUT2D eigenvalue weighted by Gasteiger charge is 2.39. The average Bonchev–Trinajstić information content (AvgIpc) is 3.35. The Morgan fingerprint density at radius 2 is 1.05 bits per heavy atom. The molecule has 0 unspecified atom stereocenters. The van der Waals surface area contributed by atoms with Crippen molar-refractivity contribution in [3.8, 4) is 39.8 Å². The molecule has 7 aromatic rings. The van der Waals surface area contributed by atoms with Crippen LogP contribution in [-0.4, -0.2) is 11.3 Å². The van der Waals surface area contributed by atoms with Gasteiger partial charge in [0.25, 0.3) is 6.71 Å². The van der Waals surface area contributed by atoms with Gasteiger partial charge >= 0.3 is 0 Å². The van der Waals surface area contributed by atoms with Crippen LogP contribution in [0, 0.1) is 0 Å². The lowest BCUT2D eigenvalue weighted by molar-refractivity contribution is 0.464. The third kappa shape index (κ3) is 3.02. The minimum absolute atomic E-state index is 0.0814. The molecule has 3 heterocycles. The monoisotopic (exact) mass is 511 g/mol. The lowest BCUT2D eigenvalue weighted by atomic mass is 9.35. The Hall–Kier alpha value is -5.22. The quantitative estimate of drug-likeness (QED) is 0.230. The van der Waals surface area contributed by atoms with Crippen LogP contribution in [0.25, 0.3) is 38.6 Å². The van der Waals surface area contributed by atoms with Crippen LogP contribution in [0.3, 0.4) is 0 Å². The zero-order valence-corrected chi connectivity index (χ0v) is 21.5. The molecule has 0 atom stereocenters. The maximum atomic E-state index is 6.53. The molecule has 6 aromatic carbocycles. The van der Waals surface area contributed by atoms with E-state index in [1.54, 1.807) is 0 Å². The predicted octanol–water partition coefficient (Wildman–Crippen LogP) is 7.18. The van der Waals surface area contributed by atoms with Crippen LogP contribution in [0.5, 0.6) is 23.0 Å². The second kappa shape index (κ2) is 8.14. The van der Waals surface area contributed by atoms with Crippen LogP contribution in [0.2, 0.25) is 0 Å². The summed E-state index contributed by atoms with van der Waals surface area (Å²) in [6.07, 6.45) is 0. The summed E-state index contributed by atoms with van der Waals surface area (Å²) in [4.78, 5) is 0. The molecule has 186 valence electrons. The van der Waals surface area contributed by atoms with E-state index < -0.39 is 0 Å². The van der Waals surface area contributed by atoms with Gasteiger partial charge in [0, 0.05) is 21.9 Å². The number of para-hydroxylation sites is 3. The van der Waals surface area contributed by atoms with Crippen LogP contribution >= 0.6 is 0 Å². The van der Waals surface area contributed by atoms with Crippen molar-refractivity contribution in [3.05, 3.63) is 133 Å². The molecule has 0 saturated heterocycles. The summed E-state index contributed by atoms with van der Waals surface area (Å²) < 4.78 is 15.2. The zero-order chi connectivity index (χ0) is 26.2. The number of nitrogens with zero attached hydrogens (tertiary/aromatic N) is 1. The molecule has 4 heteroatoms. The second-order valence-electron chi connectivity index (χ2n) is 10.5. The molecular formula is C36H22BNO2. The number of benzene rings is 6. The summed E-state index contributed by atoms with van der Waals surface area (Å²) in [6, 6.07) is 47.1. The van der Waals surface area contributed by atoms with Gasteiger partial charge in [-0.1, -0.05) is 84.9 Å². The SMILES string of the molecule is c1cc(-c2ccc3c(c2)Oc2cccc4c2B3c2ccccc2O4)cc(-n2c3ccccc3c3ccccc32)c1. The molecule has 1 aromatic heterocycles. The molecule has 0 N–H and O–H groups in total. The van der Waals surface area contributed by atoms with Gasteiger partial charge in [0.2, 0.25) is 0 Å². The van der Waals surface area contributed by atoms with Crippen LogP contribution in [0.1, 0.15) is 0 Å². The van der Waals surface area contributed by atoms with E-state index in [0.29, 0.717) is 0 Å². The lowest BCUT2D eigenvalue weighted by Crippen LogP contribution is -2.57. The van der Waals surface area contributed by atoms with Crippen LogP contribution in [0.4, 0.5) is 0 Å². The zero-order valence-electron chi connectivity index (χ0n) is 21.5. The highest BCUT2D eigenvalue weighted by atomic mass is 16.5. The summed E-state index contributed by atoms with van der Waals surface area (Å²) in [5.74, 6) is 3.54. The van der Waals surface area contributed by atoms with Crippen molar-refractivity contribution in [2.75, 3.05) is 0 Å². The van der Waals surface area contributed by atoms with Crippen molar-refractivity contribution in [3.63, 3.8) is 0 Å². The van der Waals surface area contributed by atoms with E-state index in [1.807, 2.05) is 24.3 Å². The second-order valence-corrected chi connectivity index (χ2v) is 10.5. The van der Waals surface area contributed by atoms with Crippen molar-refractivity contribution >= 4 is 44.9 Å². The van der Waals surface area contributed by atoms with E-state index in [1.165, 1.54) is 27.3 Å². The first kappa shape index (κ1) is 21.7.